The molecule has 0 bridgehead atoms. The maximum atomic E-state index is 12.5. The predicted octanol–water partition coefficient (Wildman–Crippen LogP) is 3.70. The minimum atomic E-state index is 0.113. The first-order chi connectivity index (χ1) is 9.99. The lowest BCUT2D eigenvalue weighted by atomic mass is 10.2. The second-order valence-electron chi connectivity index (χ2n) is 5.44. The Morgan fingerprint density at radius 3 is 2.33 bits per heavy atom. The molecule has 0 aromatic carbocycles. The number of amides is 1. The van der Waals surface area contributed by atoms with Gasteiger partial charge in [-0.05, 0) is 30.6 Å². The second-order valence-corrected chi connectivity index (χ2v) is 7.12. The van der Waals surface area contributed by atoms with Crippen LogP contribution in [0.1, 0.15) is 53.0 Å². The van der Waals surface area contributed by atoms with E-state index in [1.165, 1.54) is 0 Å². The van der Waals surface area contributed by atoms with Gasteiger partial charge in [-0.2, -0.15) is 11.8 Å². The van der Waals surface area contributed by atoms with Crippen LogP contribution in [0.3, 0.4) is 0 Å². The summed E-state index contributed by atoms with van der Waals surface area (Å²) in [5, 5.41) is 0.551. The van der Waals surface area contributed by atoms with Crippen LogP contribution in [0.15, 0.2) is 12.4 Å². The van der Waals surface area contributed by atoms with E-state index in [4.69, 9.17) is 0 Å². The highest BCUT2D eigenvalue weighted by molar-refractivity contribution is 7.99. The molecule has 1 aromatic heterocycles. The lowest BCUT2D eigenvalue weighted by Crippen LogP contribution is -2.40. The average molecular weight is 309 g/mol. The number of aryl methyl sites for hydroxylation is 1. The van der Waals surface area contributed by atoms with E-state index in [0.717, 1.165) is 24.2 Å². The Kier molecular flexibility index (Phi) is 7.72. The molecule has 1 rings (SSSR count). The van der Waals surface area contributed by atoms with Crippen molar-refractivity contribution in [2.45, 2.75) is 65.2 Å². The van der Waals surface area contributed by atoms with Crippen LogP contribution < -0.4 is 4.90 Å². The third-order valence-electron chi connectivity index (χ3n) is 3.38. The summed E-state index contributed by atoms with van der Waals surface area (Å²) in [5.74, 6) is 1.49. The number of thioether (sulfide) groups is 1. The van der Waals surface area contributed by atoms with Crippen molar-refractivity contribution in [3.63, 3.8) is 0 Å². The lowest BCUT2D eigenvalue weighted by Gasteiger charge is -2.26. The zero-order valence-electron chi connectivity index (χ0n) is 13.8. The number of rotatable bonds is 8. The molecule has 0 fully saturated rings. The first kappa shape index (κ1) is 18.0. The second kappa shape index (κ2) is 9.03. The van der Waals surface area contributed by atoms with E-state index in [2.05, 4.69) is 37.7 Å². The number of anilines is 1. The lowest BCUT2D eigenvalue weighted by molar-refractivity contribution is -0.118. The van der Waals surface area contributed by atoms with Crippen LogP contribution in [-0.2, 0) is 11.2 Å². The van der Waals surface area contributed by atoms with Crippen LogP contribution in [0, 0.1) is 0 Å². The molecule has 0 saturated heterocycles. The molecule has 1 amide bonds. The van der Waals surface area contributed by atoms with Gasteiger partial charge in [0.2, 0.25) is 11.9 Å². The van der Waals surface area contributed by atoms with Gasteiger partial charge in [-0.3, -0.25) is 9.69 Å². The molecule has 0 radical (unpaired) electrons. The van der Waals surface area contributed by atoms with E-state index in [1.54, 1.807) is 4.90 Å². The summed E-state index contributed by atoms with van der Waals surface area (Å²) in [5.41, 5.74) is 1.09. The number of aromatic nitrogens is 2. The molecule has 1 unspecified atom stereocenters. The van der Waals surface area contributed by atoms with Gasteiger partial charge in [-0.25, -0.2) is 9.97 Å². The highest BCUT2D eigenvalue weighted by atomic mass is 32.2. The fourth-order valence-electron chi connectivity index (χ4n) is 1.89. The Morgan fingerprint density at radius 2 is 1.86 bits per heavy atom. The Balaban J connectivity index is 2.81. The molecular weight excluding hydrogens is 282 g/mol. The molecule has 118 valence electrons. The Hall–Kier alpha value is -1.10. The smallest absolute Gasteiger partial charge is 0.232 e. The van der Waals surface area contributed by atoms with Crippen LogP contribution >= 0.6 is 11.8 Å². The minimum Gasteiger partial charge on any atom is -0.278 e. The highest BCUT2D eigenvalue weighted by Crippen LogP contribution is 2.17. The predicted molar refractivity (Wildman–Crippen MR) is 90.9 cm³/mol. The first-order valence-electron chi connectivity index (χ1n) is 7.74. The maximum absolute atomic E-state index is 12.5. The van der Waals surface area contributed by atoms with Crippen molar-refractivity contribution in [2.75, 3.05) is 10.7 Å². The molecule has 0 aliphatic rings. The fourth-order valence-corrected chi connectivity index (χ4v) is 2.66. The van der Waals surface area contributed by atoms with E-state index in [-0.39, 0.29) is 11.9 Å². The summed E-state index contributed by atoms with van der Waals surface area (Å²) in [6.07, 6.45) is 5.96. The minimum absolute atomic E-state index is 0.113. The van der Waals surface area contributed by atoms with Crippen molar-refractivity contribution in [2.24, 2.45) is 0 Å². The van der Waals surface area contributed by atoms with Crippen LogP contribution in [0.25, 0.3) is 0 Å². The Bertz CT molecular complexity index is 434. The topological polar surface area (TPSA) is 46.1 Å². The third kappa shape index (κ3) is 5.65. The average Bonchev–Trinajstić information content (AvgIpc) is 2.47. The van der Waals surface area contributed by atoms with Gasteiger partial charge < -0.3 is 0 Å². The van der Waals surface area contributed by atoms with Gasteiger partial charge in [0.25, 0.3) is 0 Å². The quantitative estimate of drug-likeness (QED) is 0.734. The third-order valence-corrected chi connectivity index (χ3v) is 4.49. The molecule has 5 heteroatoms. The van der Waals surface area contributed by atoms with Crippen LogP contribution in [0.2, 0.25) is 0 Å². The zero-order chi connectivity index (χ0) is 15.8. The van der Waals surface area contributed by atoms with Crippen molar-refractivity contribution in [1.29, 1.82) is 0 Å². The fraction of sp³-hybridized carbons (Fsp3) is 0.688. The summed E-state index contributed by atoms with van der Waals surface area (Å²) >= 11 is 1.81. The van der Waals surface area contributed by atoms with Gasteiger partial charge >= 0.3 is 0 Å². The number of hydrogen-bond acceptors (Lipinski definition) is 4. The van der Waals surface area contributed by atoms with E-state index in [0.29, 0.717) is 17.6 Å². The van der Waals surface area contributed by atoms with E-state index < -0.39 is 0 Å². The van der Waals surface area contributed by atoms with E-state index in [1.807, 2.05) is 31.1 Å². The van der Waals surface area contributed by atoms with Crippen LogP contribution in [-0.4, -0.2) is 32.9 Å². The van der Waals surface area contributed by atoms with Gasteiger partial charge in [0.05, 0.1) is 0 Å². The molecule has 0 aliphatic carbocycles. The summed E-state index contributed by atoms with van der Waals surface area (Å²) in [7, 11) is 0. The summed E-state index contributed by atoms with van der Waals surface area (Å²) < 4.78 is 0. The zero-order valence-corrected chi connectivity index (χ0v) is 14.6. The monoisotopic (exact) mass is 309 g/mol. The first-order valence-corrected chi connectivity index (χ1v) is 8.79. The van der Waals surface area contributed by atoms with Crippen molar-refractivity contribution in [3.8, 4) is 0 Å². The van der Waals surface area contributed by atoms with Gasteiger partial charge in [-0.15, -0.1) is 0 Å². The normalized spacial score (nSPS) is 12.5. The van der Waals surface area contributed by atoms with Gasteiger partial charge in [0.15, 0.2) is 0 Å². The molecule has 1 aromatic rings. The molecule has 21 heavy (non-hydrogen) atoms. The van der Waals surface area contributed by atoms with Gasteiger partial charge in [0, 0.05) is 30.6 Å². The Labute approximate surface area is 132 Å². The van der Waals surface area contributed by atoms with Crippen molar-refractivity contribution < 1.29 is 4.79 Å². The standard InChI is InChI=1S/C16H27N3OS/c1-6-13(5)19(15(20)8-9-21-12(3)4)16-17-10-14(7-2)11-18-16/h10-13H,6-9H2,1-5H3. The van der Waals surface area contributed by atoms with Crippen molar-refractivity contribution in [3.05, 3.63) is 18.0 Å². The van der Waals surface area contributed by atoms with Crippen LogP contribution in [0.4, 0.5) is 5.95 Å². The van der Waals surface area contributed by atoms with Crippen molar-refractivity contribution in [1.82, 2.24) is 9.97 Å². The number of nitrogens with zero attached hydrogens (tertiary/aromatic N) is 3. The number of hydrogen-bond donors (Lipinski definition) is 0. The largest absolute Gasteiger partial charge is 0.278 e. The van der Waals surface area contributed by atoms with E-state index >= 15 is 0 Å². The maximum Gasteiger partial charge on any atom is 0.232 e. The highest BCUT2D eigenvalue weighted by Gasteiger charge is 2.22. The van der Waals surface area contributed by atoms with E-state index in [9.17, 15) is 4.79 Å². The molecule has 4 nitrogen and oxygen atoms in total. The molecule has 1 heterocycles. The number of carbonyl (C=O) groups is 1. The molecule has 0 spiro atoms. The SMILES string of the molecule is CCc1cnc(N(C(=O)CCSC(C)C)C(C)CC)nc1. The van der Waals surface area contributed by atoms with Gasteiger partial charge in [-0.1, -0.05) is 27.7 Å². The van der Waals surface area contributed by atoms with Crippen molar-refractivity contribution >= 4 is 23.6 Å². The molecule has 1 atom stereocenters. The molecular formula is C16H27N3OS. The molecule has 0 saturated carbocycles. The molecule has 0 N–H and O–H groups in total. The van der Waals surface area contributed by atoms with Gasteiger partial charge in [0.1, 0.15) is 0 Å². The summed E-state index contributed by atoms with van der Waals surface area (Å²) in [6.45, 7) is 10.5. The van der Waals surface area contributed by atoms with Crippen LogP contribution in [0.5, 0.6) is 0 Å². The summed E-state index contributed by atoms with van der Waals surface area (Å²) in [4.78, 5) is 23.0. The molecule has 0 aliphatic heterocycles. The Morgan fingerprint density at radius 1 is 1.24 bits per heavy atom. The number of carbonyl (C=O) groups excluding carboxylic acids is 1. The summed E-state index contributed by atoms with van der Waals surface area (Å²) in [6, 6.07) is 0.119.